The van der Waals surface area contributed by atoms with Gasteiger partial charge in [-0.15, -0.1) is 0 Å². The van der Waals surface area contributed by atoms with Crippen molar-refractivity contribution in [3.63, 3.8) is 0 Å². The Balaban J connectivity index is 2.50. The molecule has 5 heteroatoms. The number of nitrogens with two attached hydrogens (primary N) is 1. The van der Waals surface area contributed by atoms with Gasteiger partial charge in [-0.25, -0.2) is 0 Å². The van der Waals surface area contributed by atoms with E-state index in [1.807, 2.05) is 0 Å². The topological polar surface area (TPSA) is 63.4 Å². The van der Waals surface area contributed by atoms with Gasteiger partial charge in [0.05, 0.1) is 11.2 Å². The van der Waals surface area contributed by atoms with Gasteiger partial charge in [-0.05, 0) is 13.3 Å². The molecule has 1 rings (SSSR count). The Morgan fingerprint density at radius 3 is 2.62 bits per heavy atom. The third-order valence-electron chi connectivity index (χ3n) is 2.26. The summed E-state index contributed by atoms with van der Waals surface area (Å²) in [4.78, 5) is 23.9. The number of amides is 2. The zero-order valence-electron chi connectivity index (χ0n) is 7.56. The molecule has 0 aliphatic carbocycles. The predicted molar refractivity (Wildman–Crippen MR) is 52.3 cm³/mol. The molecule has 2 amide bonds. The van der Waals surface area contributed by atoms with Crippen LogP contribution in [0.15, 0.2) is 0 Å². The molecule has 0 saturated carbocycles. The van der Waals surface area contributed by atoms with Crippen molar-refractivity contribution >= 4 is 24.4 Å². The highest BCUT2D eigenvalue weighted by atomic mass is 32.1. The summed E-state index contributed by atoms with van der Waals surface area (Å²) < 4.78 is 0. The van der Waals surface area contributed by atoms with E-state index in [1.54, 1.807) is 11.8 Å². The largest absolute Gasteiger partial charge is 0.369 e. The second-order valence-corrected chi connectivity index (χ2v) is 4.12. The van der Waals surface area contributed by atoms with E-state index in [2.05, 4.69) is 12.6 Å². The number of nitrogens with zero attached hydrogens (tertiary/aromatic N) is 1. The van der Waals surface area contributed by atoms with E-state index < -0.39 is 0 Å². The van der Waals surface area contributed by atoms with E-state index in [4.69, 9.17) is 5.73 Å². The molecule has 4 nitrogen and oxygen atoms in total. The predicted octanol–water partition coefficient (Wildman–Crippen LogP) is -0.362. The number of hydrogen-bond donors (Lipinski definition) is 2. The molecule has 2 N–H and O–H groups in total. The summed E-state index contributed by atoms with van der Waals surface area (Å²) in [7, 11) is 0. The van der Waals surface area contributed by atoms with Crippen LogP contribution in [0.4, 0.5) is 0 Å². The van der Waals surface area contributed by atoms with Gasteiger partial charge in [-0.3, -0.25) is 9.59 Å². The maximum atomic E-state index is 11.4. The van der Waals surface area contributed by atoms with Crippen LogP contribution in [0.3, 0.4) is 0 Å². The highest BCUT2D eigenvalue weighted by Crippen LogP contribution is 2.17. The standard InChI is InChI=1S/C8H14N2O2S/c1-5(13)8(12)10-3-2-6(4-10)7(9)11/h5-6,13H,2-4H2,1H3,(H2,9,11). The Hall–Kier alpha value is -0.710. The van der Waals surface area contributed by atoms with Crippen molar-refractivity contribution in [2.75, 3.05) is 13.1 Å². The minimum absolute atomic E-state index is 0.0212. The summed E-state index contributed by atoms with van der Waals surface area (Å²) >= 11 is 4.04. The minimum Gasteiger partial charge on any atom is -0.369 e. The summed E-state index contributed by atoms with van der Waals surface area (Å²) in [6, 6.07) is 0. The van der Waals surface area contributed by atoms with Gasteiger partial charge in [0.1, 0.15) is 0 Å². The van der Waals surface area contributed by atoms with Crippen LogP contribution in [0.5, 0.6) is 0 Å². The molecule has 1 fully saturated rings. The van der Waals surface area contributed by atoms with Gasteiger partial charge in [-0.2, -0.15) is 12.6 Å². The number of rotatable bonds is 2. The van der Waals surface area contributed by atoms with Gasteiger partial charge in [0.25, 0.3) is 0 Å². The van der Waals surface area contributed by atoms with Crippen LogP contribution in [0.2, 0.25) is 0 Å². The van der Waals surface area contributed by atoms with Gasteiger partial charge < -0.3 is 10.6 Å². The fourth-order valence-corrected chi connectivity index (χ4v) is 1.62. The SMILES string of the molecule is CC(S)C(=O)N1CCC(C(N)=O)C1. The van der Waals surface area contributed by atoms with Crippen LogP contribution in [-0.4, -0.2) is 35.1 Å². The quantitative estimate of drug-likeness (QED) is 0.601. The van der Waals surface area contributed by atoms with E-state index in [1.165, 1.54) is 0 Å². The second-order valence-electron chi connectivity index (χ2n) is 3.35. The Kier molecular flexibility index (Phi) is 3.19. The molecule has 2 unspecified atom stereocenters. The van der Waals surface area contributed by atoms with Crippen LogP contribution in [0.1, 0.15) is 13.3 Å². The molecule has 2 atom stereocenters. The molecule has 0 radical (unpaired) electrons. The van der Waals surface area contributed by atoms with Crippen LogP contribution in [0.25, 0.3) is 0 Å². The zero-order valence-corrected chi connectivity index (χ0v) is 8.46. The maximum Gasteiger partial charge on any atom is 0.235 e. The molecule has 0 aromatic heterocycles. The third-order valence-corrected chi connectivity index (χ3v) is 2.48. The maximum absolute atomic E-state index is 11.4. The highest BCUT2D eigenvalue weighted by molar-refractivity contribution is 7.81. The first-order chi connectivity index (χ1) is 6.02. The molecule has 0 aromatic rings. The number of hydrogen-bond acceptors (Lipinski definition) is 3. The lowest BCUT2D eigenvalue weighted by atomic mass is 10.1. The molecule has 1 saturated heterocycles. The lowest BCUT2D eigenvalue weighted by Crippen LogP contribution is -2.35. The van der Waals surface area contributed by atoms with Crippen LogP contribution < -0.4 is 5.73 Å². The highest BCUT2D eigenvalue weighted by Gasteiger charge is 2.30. The van der Waals surface area contributed by atoms with Crippen molar-refractivity contribution < 1.29 is 9.59 Å². The van der Waals surface area contributed by atoms with E-state index >= 15 is 0 Å². The average molecular weight is 202 g/mol. The lowest BCUT2D eigenvalue weighted by molar-refractivity contribution is -0.129. The molecular weight excluding hydrogens is 188 g/mol. The van der Waals surface area contributed by atoms with Crippen molar-refractivity contribution in [1.29, 1.82) is 0 Å². The van der Waals surface area contributed by atoms with Crippen LogP contribution >= 0.6 is 12.6 Å². The van der Waals surface area contributed by atoms with Crippen molar-refractivity contribution in [2.45, 2.75) is 18.6 Å². The fraction of sp³-hybridized carbons (Fsp3) is 0.750. The summed E-state index contributed by atoms with van der Waals surface area (Å²) in [5, 5.41) is -0.299. The van der Waals surface area contributed by atoms with Crippen LogP contribution in [0, 0.1) is 5.92 Å². The summed E-state index contributed by atoms with van der Waals surface area (Å²) in [6.45, 7) is 2.81. The van der Waals surface area contributed by atoms with E-state index in [0.29, 0.717) is 19.5 Å². The number of thiol groups is 1. The van der Waals surface area contributed by atoms with Crippen molar-refractivity contribution in [1.82, 2.24) is 4.90 Å². The fourth-order valence-electron chi connectivity index (χ4n) is 1.46. The lowest BCUT2D eigenvalue weighted by Gasteiger charge is -2.17. The van der Waals surface area contributed by atoms with E-state index in [0.717, 1.165) is 0 Å². The molecule has 1 aliphatic heterocycles. The molecule has 13 heavy (non-hydrogen) atoms. The van der Waals surface area contributed by atoms with Crippen LogP contribution in [-0.2, 0) is 9.59 Å². The number of likely N-dealkylation sites (tertiary alicyclic amines) is 1. The minimum atomic E-state index is -0.317. The van der Waals surface area contributed by atoms with Gasteiger partial charge in [0.15, 0.2) is 0 Å². The third kappa shape index (κ3) is 2.37. The monoisotopic (exact) mass is 202 g/mol. The Morgan fingerprint density at radius 2 is 2.23 bits per heavy atom. The second kappa shape index (κ2) is 4.00. The number of primary amides is 1. The molecule has 0 aromatic carbocycles. The van der Waals surface area contributed by atoms with Crippen molar-refractivity contribution in [2.24, 2.45) is 11.7 Å². The van der Waals surface area contributed by atoms with Gasteiger partial charge >= 0.3 is 0 Å². The van der Waals surface area contributed by atoms with E-state index in [9.17, 15) is 9.59 Å². The summed E-state index contributed by atoms with van der Waals surface area (Å²) in [5.41, 5.74) is 5.14. The molecule has 0 bridgehead atoms. The molecule has 0 spiro atoms. The van der Waals surface area contributed by atoms with Gasteiger partial charge in [-0.1, -0.05) is 0 Å². The molecular formula is C8H14N2O2S. The number of carbonyl (C=O) groups is 2. The Labute approximate surface area is 82.9 Å². The first kappa shape index (κ1) is 10.4. The zero-order chi connectivity index (χ0) is 10.0. The average Bonchev–Trinajstić information content (AvgIpc) is 2.50. The van der Waals surface area contributed by atoms with Crippen molar-refractivity contribution in [3.05, 3.63) is 0 Å². The summed E-state index contributed by atoms with van der Waals surface area (Å²) in [5.74, 6) is -0.509. The summed E-state index contributed by atoms with van der Waals surface area (Å²) in [6.07, 6.45) is 0.682. The normalized spacial score (nSPS) is 24.5. The van der Waals surface area contributed by atoms with Gasteiger partial charge in [0.2, 0.25) is 11.8 Å². The Morgan fingerprint density at radius 1 is 1.62 bits per heavy atom. The molecule has 74 valence electrons. The van der Waals surface area contributed by atoms with Crippen molar-refractivity contribution in [3.8, 4) is 0 Å². The molecule has 1 aliphatic rings. The number of carbonyl (C=O) groups excluding carboxylic acids is 2. The first-order valence-corrected chi connectivity index (χ1v) is 4.80. The molecule has 1 heterocycles. The Bertz CT molecular complexity index is 230. The van der Waals surface area contributed by atoms with Gasteiger partial charge in [0, 0.05) is 13.1 Å². The smallest absolute Gasteiger partial charge is 0.235 e. The van der Waals surface area contributed by atoms with E-state index in [-0.39, 0.29) is 23.0 Å². The first-order valence-electron chi connectivity index (χ1n) is 4.28.